The summed E-state index contributed by atoms with van der Waals surface area (Å²) in [6.45, 7) is 9.55. The molecule has 3 heterocycles. The van der Waals surface area contributed by atoms with Crippen molar-refractivity contribution < 1.29 is 4.74 Å². The van der Waals surface area contributed by atoms with Gasteiger partial charge in [0.2, 0.25) is 0 Å². The fourth-order valence-electron chi connectivity index (χ4n) is 5.60. The Kier molecular flexibility index (Phi) is 7.02. The molecule has 0 unspecified atom stereocenters. The van der Waals surface area contributed by atoms with Gasteiger partial charge in [-0.15, -0.1) is 0 Å². The van der Waals surface area contributed by atoms with Crippen molar-refractivity contribution in [3.63, 3.8) is 0 Å². The lowest BCUT2D eigenvalue weighted by Gasteiger charge is -2.28. The number of hydrogen-bond donors (Lipinski definition) is 1. The molecule has 6 heteroatoms. The number of benzene rings is 2. The van der Waals surface area contributed by atoms with Gasteiger partial charge in [-0.1, -0.05) is 43.3 Å². The smallest absolute Gasteiger partial charge is 0.170 e. The van der Waals surface area contributed by atoms with Crippen LogP contribution in [-0.2, 0) is 13.0 Å². The van der Waals surface area contributed by atoms with E-state index in [0.717, 1.165) is 23.0 Å². The van der Waals surface area contributed by atoms with Crippen LogP contribution in [0.3, 0.4) is 0 Å². The van der Waals surface area contributed by atoms with E-state index in [0.29, 0.717) is 6.54 Å². The third kappa shape index (κ3) is 4.62. The first-order valence-electron chi connectivity index (χ1n) is 12.8. The van der Waals surface area contributed by atoms with E-state index in [-0.39, 0.29) is 12.1 Å². The first kappa shape index (κ1) is 25.0. The number of nitrogens with zero attached hydrogens (tertiary/aromatic N) is 3. The van der Waals surface area contributed by atoms with Crippen molar-refractivity contribution in [1.29, 1.82) is 0 Å². The molecule has 4 aromatic rings. The van der Waals surface area contributed by atoms with E-state index in [4.69, 9.17) is 21.9 Å². The Balaban J connectivity index is 1.63. The second-order valence-electron chi connectivity index (χ2n) is 9.70. The normalized spacial score (nSPS) is 17.2. The van der Waals surface area contributed by atoms with Gasteiger partial charge < -0.3 is 19.5 Å². The minimum atomic E-state index is -0.0524. The number of pyridine rings is 1. The number of rotatable bonds is 7. The third-order valence-corrected chi connectivity index (χ3v) is 7.78. The zero-order valence-corrected chi connectivity index (χ0v) is 23.0. The van der Waals surface area contributed by atoms with Gasteiger partial charge in [0.05, 0.1) is 30.6 Å². The van der Waals surface area contributed by atoms with Gasteiger partial charge in [-0.25, -0.2) is 0 Å². The summed E-state index contributed by atoms with van der Waals surface area (Å²) in [6, 6.07) is 23.2. The summed E-state index contributed by atoms with van der Waals surface area (Å²) < 4.78 is 7.79. The summed E-state index contributed by atoms with van der Waals surface area (Å²) in [5.74, 6) is 0.849. The molecule has 1 saturated heterocycles. The van der Waals surface area contributed by atoms with Crippen LogP contribution < -0.4 is 10.1 Å². The zero-order valence-electron chi connectivity index (χ0n) is 22.2. The van der Waals surface area contributed by atoms with E-state index in [1.807, 2.05) is 30.5 Å². The molecule has 0 spiro atoms. The number of ether oxygens (including phenoxy) is 1. The Bertz CT molecular complexity index is 1410. The van der Waals surface area contributed by atoms with E-state index in [1.54, 1.807) is 7.11 Å². The molecule has 2 aromatic heterocycles. The first-order chi connectivity index (χ1) is 17.9. The van der Waals surface area contributed by atoms with E-state index >= 15 is 0 Å². The number of methoxy groups -OCH3 is 1. The number of thiocarbonyl (C=S) groups is 1. The Morgan fingerprint density at radius 1 is 1.00 bits per heavy atom. The molecule has 2 aromatic carbocycles. The van der Waals surface area contributed by atoms with E-state index in [2.05, 4.69) is 84.9 Å². The molecule has 1 fully saturated rings. The van der Waals surface area contributed by atoms with Crippen LogP contribution in [0.2, 0.25) is 0 Å². The van der Waals surface area contributed by atoms with Gasteiger partial charge in [0.15, 0.2) is 5.11 Å². The monoisotopic (exact) mass is 510 g/mol. The van der Waals surface area contributed by atoms with Crippen LogP contribution in [0, 0.1) is 20.8 Å². The Hall–Kier alpha value is -3.64. The molecular weight excluding hydrogens is 476 g/mol. The number of para-hydroxylation sites is 1. The molecule has 0 bridgehead atoms. The number of hydrogen-bond acceptors (Lipinski definition) is 3. The molecule has 5 nitrogen and oxygen atoms in total. The molecule has 190 valence electrons. The van der Waals surface area contributed by atoms with Crippen LogP contribution in [0.5, 0.6) is 5.75 Å². The summed E-state index contributed by atoms with van der Waals surface area (Å²) in [4.78, 5) is 7.03. The Labute approximate surface area is 225 Å². The van der Waals surface area contributed by atoms with Gasteiger partial charge in [0.25, 0.3) is 0 Å². The first-order valence-corrected chi connectivity index (χ1v) is 13.2. The highest BCUT2D eigenvalue weighted by molar-refractivity contribution is 7.80. The van der Waals surface area contributed by atoms with E-state index in [9.17, 15) is 0 Å². The van der Waals surface area contributed by atoms with Crippen LogP contribution in [0.4, 0.5) is 0 Å². The quantitative estimate of drug-likeness (QED) is 0.286. The minimum Gasteiger partial charge on any atom is -0.497 e. The van der Waals surface area contributed by atoms with E-state index < -0.39 is 0 Å². The second kappa shape index (κ2) is 10.4. The highest BCUT2D eigenvalue weighted by atomic mass is 32.1. The molecule has 0 amide bonds. The number of nitrogens with one attached hydrogen (secondary N) is 1. The van der Waals surface area contributed by atoms with Crippen molar-refractivity contribution in [3.8, 4) is 11.4 Å². The van der Waals surface area contributed by atoms with Gasteiger partial charge in [-0.3, -0.25) is 4.98 Å². The van der Waals surface area contributed by atoms with Gasteiger partial charge in [-0.2, -0.15) is 0 Å². The molecule has 2 atom stereocenters. The van der Waals surface area contributed by atoms with Crippen LogP contribution in [0.1, 0.15) is 58.3 Å². The average Bonchev–Trinajstić information content (AvgIpc) is 3.39. The summed E-state index contributed by atoms with van der Waals surface area (Å²) >= 11 is 5.93. The minimum absolute atomic E-state index is 0.00135. The standard InChI is InChI=1S/C31H34N4OS/c1-6-24-11-9-10-20(2)29(24)35-21(3)18-26(22(35)4)30-28(27-12-7-8-17-32-27)33-31(37)34(30)19-23-13-15-25(36-5)16-14-23/h7-18,28,30H,6,19H2,1-5H3,(H,33,37)/t28-,30+/m0/s1. The van der Waals surface area contributed by atoms with Crippen LogP contribution in [0.15, 0.2) is 72.9 Å². The van der Waals surface area contributed by atoms with E-state index in [1.165, 1.54) is 39.3 Å². The molecule has 1 aliphatic rings. The lowest BCUT2D eigenvalue weighted by Crippen LogP contribution is -2.29. The topological polar surface area (TPSA) is 42.3 Å². The predicted molar refractivity (Wildman–Crippen MR) is 153 cm³/mol. The van der Waals surface area contributed by atoms with Crippen LogP contribution in [0.25, 0.3) is 5.69 Å². The highest BCUT2D eigenvalue weighted by Crippen LogP contribution is 2.42. The van der Waals surface area contributed by atoms with Gasteiger partial charge in [0, 0.05) is 24.1 Å². The summed E-state index contributed by atoms with van der Waals surface area (Å²) in [7, 11) is 1.69. The maximum atomic E-state index is 5.93. The van der Waals surface area contributed by atoms with Crippen molar-refractivity contribution in [2.75, 3.05) is 7.11 Å². The lowest BCUT2D eigenvalue weighted by atomic mass is 9.96. The molecule has 0 radical (unpaired) electrons. The maximum absolute atomic E-state index is 5.93. The Morgan fingerprint density at radius 3 is 2.46 bits per heavy atom. The van der Waals surface area contributed by atoms with Crippen LogP contribution >= 0.6 is 12.2 Å². The molecule has 5 rings (SSSR count). The highest BCUT2D eigenvalue weighted by Gasteiger charge is 2.41. The predicted octanol–water partition coefficient (Wildman–Crippen LogP) is 6.54. The molecule has 1 aliphatic heterocycles. The fourth-order valence-corrected chi connectivity index (χ4v) is 5.90. The van der Waals surface area contributed by atoms with Gasteiger partial charge in [0.1, 0.15) is 5.75 Å². The van der Waals surface area contributed by atoms with Crippen molar-refractivity contribution >= 4 is 17.3 Å². The summed E-state index contributed by atoms with van der Waals surface area (Å²) in [5.41, 5.74) is 9.81. The van der Waals surface area contributed by atoms with Crippen molar-refractivity contribution in [1.82, 2.24) is 19.8 Å². The van der Waals surface area contributed by atoms with Gasteiger partial charge >= 0.3 is 0 Å². The SMILES string of the molecule is CCc1cccc(C)c1-n1c(C)cc([C@@H]2[C@H](c3ccccn3)NC(=S)N2Cc2ccc(OC)cc2)c1C. The largest absolute Gasteiger partial charge is 0.497 e. The summed E-state index contributed by atoms with van der Waals surface area (Å²) in [6.07, 6.45) is 2.84. The molecule has 37 heavy (non-hydrogen) atoms. The molecule has 0 aliphatic carbocycles. The van der Waals surface area contributed by atoms with Crippen molar-refractivity contribution in [2.24, 2.45) is 0 Å². The molecule has 1 N–H and O–H groups in total. The third-order valence-electron chi connectivity index (χ3n) is 7.42. The maximum Gasteiger partial charge on any atom is 0.170 e. The molecular formula is C31H34N4OS. The Morgan fingerprint density at radius 2 is 1.78 bits per heavy atom. The average molecular weight is 511 g/mol. The zero-order chi connectivity index (χ0) is 26.1. The van der Waals surface area contributed by atoms with Crippen LogP contribution in [-0.4, -0.2) is 26.7 Å². The van der Waals surface area contributed by atoms with Crippen molar-refractivity contribution in [2.45, 2.75) is 52.7 Å². The van der Waals surface area contributed by atoms with Gasteiger partial charge in [-0.05, 0) is 92.0 Å². The number of aromatic nitrogens is 2. The summed E-state index contributed by atoms with van der Waals surface area (Å²) in [5, 5.41) is 4.34. The number of aryl methyl sites for hydroxylation is 3. The second-order valence-corrected chi connectivity index (χ2v) is 10.1. The lowest BCUT2D eigenvalue weighted by molar-refractivity contribution is 0.310. The molecule has 0 saturated carbocycles. The fraction of sp³-hybridized carbons (Fsp3) is 0.290. The van der Waals surface area contributed by atoms with Crippen molar-refractivity contribution in [3.05, 3.63) is 112 Å².